The number of guanidine groups is 1. The molecule has 1 spiro atoms. The first-order valence-electron chi connectivity index (χ1n) is 10.1. The summed E-state index contributed by atoms with van der Waals surface area (Å²) in [4.78, 5) is 4.84. The summed E-state index contributed by atoms with van der Waals surface area (Å²) in [5.41, 5.74) is 1.58. The molecule has 6 heteroatoms. The maximum atomic E-state index is 6.03. The molecule has 5 nitrogen and oxygen atoms in total. The Morgan fingerprint density at radius 1 is 1.33 bits per heavy atom. The van der Waals surface area contributed by atoms with Gasteiger partial charge in [-0.15, -0.1) is 24.0 Å². The number of methoxy groups -OCH3 is 1. The lowest BCUT2D eigenvalue weighted by molar-refractivity contribution is -0.171. The van der Waals surface area contributed by atoms with Crippen LogP contribution < -0.4 is 15.4 Å². The SMILES string of the molecule is CCNC(=NCCc1ccccc1OC)NC1C2CCOC2C12CCC2.I. The highest BCUT2D eigenvalue weighted by molar-refractivity contribution is 14.0. The van der Waals surface area contributed by atoms with Gasteiger partial charge in [-0.3, -0.25) is 4.99 Å². The number of rotatable bonds is 6. The highest BCUT2D eigenvalue weighted by Gasteiger charge is 2.66. The number of ether oxygens (including phenoxy) is 2. The molecule has 1 aromatic rings. The number of aliphatic imine (C=N–C) groups is 1. The molecule has 2 saturated carbocycles. The second kappa shape index (κ2) is 8.99. The van der Waals surface area contributed by atoms with E-state index in [0.29, 0.717) is 23.5 Å². The van der Waals surface area contributed by atoms with Crippen LogP contribution in [0.2, 0.25) is 0 Å². The molecule has 4 rings (SSSR count). The molecule has 0 radical (unpaired) electrons. The minimum atomic E-state index is 0. The van der Waals surface area contributed by atoms with Crippen LogP contribution >= 0.6 is 24.0 Å². The van der Waals surface area contributed by atoms with E-state index in [4.69, 9.17) is 14.5 Å². The normalized spacial score (nSPS) is 27.8. The topological polar surface area (TPSA) is 54.9 Å². The molecule has 150 valence electrons. The van der Waals surface area contributed by atoms with Crippen LogP contribution in [0.15, 0.2) is 29.3 Å². The monoisotopic (exact) mass is 485 g/mol. The minimum absolute atomic E-state index is 0. The van der Waals surface area contributed by atoms with Crippen molar-refractivity contribution in [1.82, 2.24) is 10.6 Å². The fraction of sp³-hybridized carbons (Fsp3) is 0.667. The van der Waals surface area contributed by atoms with Crippen LogP contribution in [0.1, 0.15) is 38.2 Å². The molecule has 1 aromatic carbocycles. The third-order valence-corrected chi connectivity index (χ3v) is 6.52. The Balaban J connectivity index is 0.00000210. The molecule has 0 amide bonds. The number of halogens is 1. The smallest absolute Gasteiger partial charge is 0.191 e. The molecule has 1 saturated heterocycles. The van der Waals surface area contributed by atoms with E-state index in [-0.39, 0.29) is 24.0 Å². The van der Waals surface area contributed by atoms with Crippen molar-refractivity contribution < 1.29 is 9.47 Å². The van der Waals surface area contributed by atoms with E-state index >= 15 is 0 Å². The predicted molar refractivity (Wildman–Crippen MR) is 119 cm³/mol. The van der Waals surface area contributed by atoms with Crippen molar-refractivity contribution in [2.24, 2.45) is 16.3 Å². The lowest BCUT2D eigenvalue weighted by atomic mass is 9.46. The van der Waals surface area contributed by atoms with Gasteiger partial charge < -0.3 is 20.1 Å². The van der Waals surface area contributed by atoms with Gasteiger partial charge in [0.25, 0.3) is 0 Å². The van der Waals surface area contributed by atoms with Crippen LogP contribution in [0.4, 0.5) is 0 Å². The van der Waals surface area contributed by atoms with Crippen molar-refractivity contribution in [2.75, 3.05) is 26.8 Å². The van der Waals surface area contributed by atoms with E-state index in [1.165, 1.54) is 31.2 Å². The second-order valence-corrected chi connectivity index (χ2v) is 7.78. The quantitative estimate of drug-likeness (QED) is 0.369. The van der Waals surface area contributed by atoms with Crippen LogP contribution in [0, 0.1) is 11.3 Å². The first-order valence-corrected chi connectivity index (χ1v) is 10.1. The molecule has 3 aliphatic rings. The fourth-order valence-corrected chi connectivity index (χ4v) is 5.12. The number of nitrogens with zero attached hydrogens (tertiary/aromatic N) is 1. The number of hydrogen-bond acceptors (Lipinski definition) is 3. The van der Waals surface area contributed by atoms with Gasteiger partial charge in [0.05, 0.1) is 13.2 Å². The van der Waals surface area contributed by atoms with Gasteiger partial charge in [-0.05, 0) is 44.2 Å². The van der Waals surface area contributed by atoms with E-state index in [2.05, 4.69) is 29.7 Å². The van der Waals surface area contributed by atoms with E-state index in [9.17, 15) is 0 Å². The molecule has 27 heavy (non-hydrogen) atoms. The average molecular weight is 485 g/mol. The standard InChI is InChI=1S/C21H31N3O2.HI/c1-3-22-20(23-13-9-15-7-4-5-8-17(15)25-2)24-18-16-10-14-26-19(16)21(18)11-6-12-21;/h4-5,7-8,16,18-19H,3,6,9-14H2,1-2H3,(H2,22,23,24);1H. The molecule has 2 N–H and O–H groups in total. The van der Waals surface area contributed by atoms with Gasteiger partial charge >= 0.3 is 0 Å². The zero-order chi connectivity index (χ0) is 18.0. The maximum Gasteiger partial charge on any atom is 0.191 e. The van der Waals surface area contributed by atoms with Gasteiger partial charge in [-0.1, -0.05) is 24.6 Å². The highest BCUT2D eigenvalue weighted by atomic mass is 127. The summed E-state index contributed by atoms with van der Waals surface area (Å²) in [5.74, 6) is 2.55. The molecule has 3 fully saturated rings. The van der Waals surface area contributed by atoms with E-state index < -0.39 is 0 Å². The first-order chi connectivity index (χ1) is 12.8. The lowest BCUT2D eigenvalue weighted by Gasteiger charge is -2.63. The van der Waals surface area contributed by atoms with Crippen molar-refractivity contribution >= 4 is 29.9 Å². The van der Waals surface area contributed by atoms with Gasteiger partial charge in [-0.2, -0.15) is 0 Å². The van der Waals surface area contributed by atoms with Crippen molar-refractivity contribution in [3.05, 3.63) is 29.8 Å². The summed E-state index contributed by atoms with van der Waals surface area (Å²) in [6.07, 6.45) is 6.49. The third kappa shape index (κ3) is 3.79. The first kappa shape index (κ1) is 20.7. The molecule has 0 aromatic heterocycles. The molecule has 1 heterocycles. The van der Waals surface area contributed by atoms with Crippen LogP contribution in [0.5, 0.6) is 5.75 Å². The van der Waals surface area contributed by atoms with Gasteiger partial charge in [0.2, 0.25) is 0 Å². The second-order valence-electron chi connectivity index (χ2n) is 7.78. The number of fused-ring (bicyclic) bond motifs is 2. The third-order valence-electron chi connectivity index (χ3n) is 6.52. The van der Waals surface area contributed by atoms with Crippen molar-refractivity contribution in [3.8, 4) is 5.75 Å². The average Bonchev–Trinajstić information content (AvgIpc) is 3.03. The minimum Gasteiger partial charge on any atom is -0.496 e. The number of para-hydroxylation sites is 1. The Bertz CT molecular complexity index is 663. The fourth-order valence-electron chi connectivity index (χ4n) is 5.12. The van der Waals surface area contributed by atoms with Gasteiger partial charge in [0, 0.05) is 37.1 Å². The Labute approximate surface area is 179 Å². The summed E-state index contributed by atoms with van der Waals surface area (Å²) in [5, 5.41) is 7.19. The Morgan fingerprint density at radius 3 is 2.85 bits per heavy atom. The summed E-state index contributed by atoms with van der Waals surface area (Å²) in [6, 6.07) is 8.71. The van der Waals surface area contributed by atoms with E-state index in [1.54, 1.807) is 7.11 Å². The van der Waals surface area contributed by atoms with Crippen LogP contribution in [0.3, 0.4) is 0 Å². The molecule has 2 aliphatic carbocycles. The number of hydrogen-bond donors (Lipinski definition) is 2. The number of benzene rings is 1. The molecule has 3 unspecified atom stereocenters. The summed E-state index contributed by atoms with van der Waals surface area (Å²) in [7, 11) is 1.72. The number of nitrogens with one attached hydrogen (secondary N) is 2. The van der Waals surface area contributed by atoms with Gasteiger partial charge in [-0.25, -0.2) is 0 Å². The van der Waals surface area contributed by atoms with Crippen molar-refractivity contribution in [2.45, 2.75) is 51.2 Å². The predicted octanol–water partition coefficient (Wildman–Crippen LogP) is 3.37. The summed E-state index contributed by atoms with van der Waals surface area (Å²) < 4.78 is 11.5. The maximum absolute atomic E-state index is 6.03. The van der Waals surface area contributed by atoms with Gasteiger partial charge in [0.15, 0.2) is 5.96 Å². The molecular formula is C21H32IN3O2. The summed E-state index contributed by atoms with van der Waals surface area (Å²) in [6.45, 7) is 4.68. The molecule has 1 aliphatic heterocycles. The van der Waals surface area contributed by atoms with Crippen LogP contribution in [-0.2, 0) is 11.2 Å². The molecular weight excluding hydrogens is 453 g/mol. The van der Waals surface area contributed by atoms with Crippen LogP contribution in [-0.4, -0.2) is 44.9 Å². The zero-order valence-corrected chi connectivity index (χ0v) is 18.7. The summed E-state index contributed by atoms with van der Waals surface area (Å²) >= 11 is 0. The largest absolute Gasteiger partial charge is 0.496 e. The van der Waals surface area contributed by atoms with Crippen molar-refractivity contribution in [1.29, 1.82) is 0 Å². The zero-order valence-electron chi connectivity index (χ0n) is 16.4. The lowest BCUT2D eigenvalue weighted by Crippen LogP contribution is -2.72. The molecule has 3 atom stereocenters. The Kier molecular flexibility index (Phi) is 6.89. The van der Waals surface area contributed by atoms with Gasteiger partial charge in [0.1, 0.15) is 5.75 Å². The van der Waals surface area contributed by atoms with Crippen LogP contribution in [0.25, 0.3) is 0 Å². The highest BCUT2D eigenvalue weighted by Crippen LogP contribution is 2.62. The molecule has 0 bridgehead atoms. The van der Waals surface area contributed by atoms with E-state index in [0.717, 1.165) is 37.8 Å². The Hall–Kier alpha value is -1.02. The van der Waals surface area contributed by atoms with E-state index in [1.807, 2.05) is 12.1 Å². The Morgan fingerprint density at radius 2 is 2.15 bits per heavy atom. The van der Waals surface area contributed by atoms with Crippen molar-refractivity contribution in [3.63, 3.8) is 0 Å².